The third-order valence-electron chi connectivity index (χ3n) is 2.51. The monoisotopic (exact) mass is 396 g/mol. The van der Waals surface area contributed by atoms with Crippen molar-refractivity contribution in [2.75, 3.05) is 0 Å². The Labute approximate surface area is 125 Å². The van der Waals surface area contributed by atoms with Crippen LogP contribution in [0.2, 0.25) is 0 Å². The molecule has 1 heterocycles. The van der Waals surface area contributed by atoms with Gasteiger partial charge in [0.05, 0.1) is 8.45 Å². The summed E-state index contributed by atoms with van der Waals surface area (Å²) < 4.78 is 38.6. The van der Waals surface area contributed by atoms with Crippen LogP contribution in [0.4, 0.5) is 13.2 Å². The molecule has 6 heteroatoms. The molecule has 0 saturated carbocycles. The molecule has 19 heavy (non-hydrogen) atoms. The van der Waals surface area contributed by atoms with Gasteiger partial charge in [0, 0.05) is 17.4 Å². The molecule has 2 rings (SSSR count). The molecule has 0 aliphatic heterocycles. The summed E-state index contributed by atoms with van der Waals surface area (Å²) in [6.07, 6.45) is -4.40. The lowest BCUT2D eigenvalue weighted by molar-refractivity contribution is -0.137. The molecule has 0 fully saturated rings. The molecule has 1 nitrogen and oxygen atoms in total. The van der Waals surface area contributed by atoms with Crippen LogP contribution >= 0.6 is 33.9 Å². The Kier molecular flexibility index (Phi) is 4.29. The molecule has 0 N–H and O–H groups in total. The van der Waals surface area contributed by atoms with E-state index in [4.69, 9.17) is 0 Å². The van der Waals surface area contributed by atoms with Gasteiger partial charge < -0.3 is 0 Å². The van der Waals surface area contributed by atoms with Gasteiger partial charge in [-0.15, -0.1) is 11.3 Å². The van der Waals surface area contributed by atoms with Crippen LogP contribution in [-0.4, -0.2) is 5.78 Å². The van der Waals surface area contributed by atoms with Gasteiger partial charge in [-0.05, 0) is 40.3 Å². The Morgan fingerprint density at radius 3 is 2.58 bits per heavy atom. The minimum Gasteiger partial charge on any atom is -0.294 e. The van der Waals surface area contributed by atoms with E-state index in [0.717, 1.165) is 15.0 Å². The number of halogens is 4. The number of hydrogen-bond acceptors (Lipinski definition) is 2. The number of rotatable bonds is 3. The SMILES string of the molecule is O=C(Cc1cccc(C(F)(F)F)c1)c1csc(I)c1. The zero-order valence-electron chi connectivity index (χ0n) is 9.50. The largest absolute Gasteiger partial charge is 0.416 e. The summed E-state index contributed by atoms with van der Waals surface area (Å²) in [6.45, 7) is 0. The van der Waals surface area contributed by atoms with Crippen molar-refractivity contribution in [1.82, 2.24) is 0 Å². The quantitative estimate of drug-likeness (QED) is 0.539. The number of carbonyl (C=O) groups excluding carboxylic acids is 1. The van der Waals surface area contributed by atoms with E-state index in [-0.39, 0.29) is 12.2 Å². The number of ketones is 1. The molecule has 0 unspecified atom stereocenters. The Balaban J connectivity index is 2.18. The van der Waals surface area contributed by atoms with Crippen LogP contribution in [0, 0.1) is 2.88 Å². The van der Waals surface area contributed by atoms with Gasteiger partial charge in [0.25, 0.3) is 0 Å². The summed E-state index contributed by atoms with van der Waals surface area (Å²) >= 11 is 3.53. The predicted octanol–water partition coefficient (Wildman–Crippen LogP) is 4.80. The van der Waals surface area contributed by atoms with E-state index >= 15 is 0 Å². The molecule has 0 aliphatic rings. The number of benzene rings is 1. The van der Waals surface area contributed by atoms with E-state index in [0.29, 0.717) is 11.1 Å². The molecule has 0 aliphatic carbocycles. The second-order valence-electron chi connectivity index (χ2n) is 3.94. The van der Waals surface area contributed by atoms with Crippen molar-refractivity contribution < 1.29 is 18.0 Å². The van der Waals surface area contributed by atoms with Crippen molar-refractivity contribution in [3.05, 3.63) is 55.3 Å². The van der Waals surface area contributed by atoms with E-state index in [9.17, 15) is 18.0 Å². The standard InChI is InChI=1S/C13H8F3IOS/c14-13(15,16)10-3-1-2-8(4-10)5-11(18)9-6-12(17)19-7-9/h1-4,6-7H,5H2. The Morgan fingerprint density at radius 1 is 1.26 bits per heavy atom. The zero-order chi connectivity index (χ0) is 14.0. The Bertz CT molecular complexity index is 604. The van der Waals surface area contributed by atoms with Gasteiger partial charge in [-0.3, -0.25) is 4.79 Å². The van der Waals surface area contributed by atoms with Gasteiger partial charge in [-0.2, -0.15) is 13.2 Å². The van der Waals surface area contributed by atoms with E-state index < -0.39 is 11.7 Å². The first-order valence-electron chi connectivity index (χ1n) is 5.29. The van der Waals surface area contributed by atoms with Crippen molar-refractivity contribution in [3.8, 4) is 0 Å². The van der Waals surface area contributed by atoms with Crippen LogP contribution in [0.3, 0.4) is 0 Å². The van der Waals surface area contributed by atoms with Gasteiger partial charge in [0.15, 0.2) is 5.78 Å². The third-order valence-corrected chi connectivity index (χ3v) is 4.30. The Hall–Kier alpha value is -0.890. The van der Waals surface area contributed by atoms with Crippen molar-refractivity contribution in [2.24, 2.45) is 0 Å². The van der Waals surface area contributed by atoms with Crippen LogP contribution in [0.1, 0.15) is 21.5 Å². The van der Waals surface area contributed by atoms with E-state index in [1.165, 1.54) is 23.5 Å². The molecule has 100 valence electrons. The number of Topliss-reactive ketones (excluding diaryl/α,β-unsaturated/α-hetero) is 1. The predicted molar refractivity (Wildman–Crippen MR) is 76.5 cm³/mol. The molecule has 1 aromatic carbocycles. The van der Waals surface area contributed by atoms with Gasteiger partial charge >= 0.3 is 6.18 Å². The van der Waals surface area contributed by atoms with Crippen molar-refractivity contribution in [1.29, 1.82) is 0 Å². The molecule has 0 saturated heterocycles. The van der Waals surface area contributed by atoms with E-state index in [2.05, 4.69) is 22.6 Å². The van der Waals surface area contributed by atoms with Crippen LogP contribution < -0.4 is 0 Å². The van der Waals surface area contributed by atoms with Crippen LogP contribution in [0.15, 0.2) is 35.7 Å². The third kappa shape index (κ3) is 3.79. The summed E-state index contributed by atoms with van der Waals surface area (Å²) in [6, 6.07) is 6.62. The maximum Gasteiger partial charge on any atom is 0.416 e. The fourth-order valence-corrected chi connectivity index (χ4v) is 2.95. The van der Waals surface area contributed by atoms with Crippen LogP contribution in [0.25, 0.3) is 0 Å². The van der Waals surface area contributed by atoms with Crippen molar-refractivity contribution in [2.45, 2.75) is 12.6 Å². The van der Waals surface area contributed by atoms with Gasteiger partial charge in [-0.1, -0.05) is 18.2 Å². The molecule has 0 radical (unpaired) electrons. The van der Waals surface area contributed by atoms with E-state index in [1.54, 1.807) is 11.4 Å². The summed E-state index contributed by atoms with van der Waals surface area (Å²) in [7, 11) is 0. The fraction of sp³-hybridized carbons (Fsp3) is 0.154. The van der Waals surface area contributed by atoms with Crippen LogP contribution in [-0.2, 0) is 12.6 Å². The molecule has 0 bridgehead atoms. The first-order valence-corrected chi connectivity index (χ1v) is 7.25. The number of hydrogen-bond donors (Lipinski definition) is 0. The first-order chi connectivity index (χ1) is 8.86. The summed E-state index contributed by atoms with van der Waals surface area (Å²) in [5.41, 5.74) is 0.200. The molecule has 2 aromatic rings. The topological polar surface area (TPSA) is 17.1 Å². The molecular formula is C13H8F3IOS. The van der Waals surface area contributed by atoms with Gasteiger partial charge in [0.2, 0.25) is 0 Å². The average molecular weight is 396 g/mol. The maximum absolute atomic E-state index is 12.5. The van der Waals surface area contributed by atoms with Crippen molar-refractivity contribution in [3.63, 3.8) is 0 Å². The average Bonchev–Trinajstić information content (AvgIpc) is 2.75. The smallest absolute Gasteiger partial charge is 0.294 e. The number of carbonyl (C=O) groups is 1. The summed E-state index contributed by atoms with van der Waals surface area (Å²) in [5.74, 6) is -0.168. The summed E-state index contributed by atoms with van der Waals surface area (Å²) in [4.78, 5) is 11.9. The van der Waals surface area contributed by atoms with Gasteiger partial charge in [0.1, 0.15) is 0 Å². The lowest BCUT2D eigenvalue weighted by Gasteiger charge is -2.08. The highest BCUT2D eigenvalue weighted by molar-refractivity contribution is 14.1. The second kappa shape index (κ2) is 5.62. The number of thiophene rings is 1. The van der Waals surface area contributed by atoms with Crippen LogP contribution in [0.5, 0.6) is 0 Å². The van der Waals surface area contributed by atoms with Gasteiger partial charge in [-0.25, -0.2) is 0 Å². The minimum atomic E-state index is -4.38. The molecule has 0 amide bonds. The second-order valence-corrected chi connectivity index (χ2v) is 6.74. The zero-order valence-corrected chi connectivity index (χ0v) is 12.5. The first kappa shape index (κ1) is 14.5. The highest BCUT2D eigenvalue weighted by Crippen LogP contribution is 2.29. The van der Waals surface area contributed by atoms with Crippen molar-refractivity contribution >= 4 is 39.7 Å². The van der Waals surface area contributed by atoms with E-state index in [1.807, 2.05) is 0 Å². The normalized spacial score (nSPS) is 11.6. The highest BCUT2D eigenvalue weighted by atomic mass is 127. The molecule has 0 spiro atoms. The lowest BCUT2D eigenvalue weighted by Crippen LogP contribution is -2.07. The fourth-order valence-electron chi connectivity index (χ4n) is 1.60. The maximum atomic E-state index is 12.5. The molecule has 0 atom stereocenters. The number of alkyl halides is 3. The minimum absolute atomic E-state index is 0.0171. The molecular weight excluding hydrogens is 388 g/mol. The lowest BCUT2D eigenvalue weighted by atomic mass is 10.0. The summed E-state index contributed by atoms with van der Waals surface area (Å²) in [5, 5.41) is 1.72. The highest BCUT2D eigenvalue weighted by Gasteiger charge is 2.30. The molecule has 1 aromatic heterocycles. The Morgan fingerprint density at radius 2 is 2.00 bits per heavy atom.